The maximum atomic E-state index is 10.6. The standard InChI is InChI=1S/C11H14O4/c1-3-15-7-9-6-8(11(12)13)4-5-10(9)14-2/h4-6H,3,7H2,1-2H3,(H,12,13)/p-1. The summed E-state index contributed by atoms with van der Waals surface area (Å²) in [6, 6.07) is 4.55. The summed E-state index contributed by atoms with van der Waals surface area (Å²) in [5.41, 5.74) is 0.839. The van der Waals surface area contributed by atoms with Gasteiger partial charge in [-0.3, -0.25) is 0 Å². The first-order valence-electron chi connectivity index (χ1n) is 4.65. The lowest BCUT2D eigenvalue weighted by Gasteiger charge is -2.11. The number of methoxy groups -OCH3 is 1. The van der Waals surface area contributed by atoms with Gasteiger partial charge in [-0.25, -0.2) is 0 Å². The molecule has 0 amide bonds. The molecular weight excluding hydrogens is 196 g/mol. The molecule has 0 bridgehead atoms. The van der Waals surface area contributed by atoms with E-state index in [1.165, 1.54) is 19.2 Å². The summed E-state index contributed by atoms with van der Waals surface area (Å²) >= 11 is 0. The van der Waals surface area contributed by atoms with E-state index in [-0.39, 0.29) is 5.56 Å². The Hall–Kier alpha value is -1.55. The third-order valence-corrected chi connectivity index (χ3v) is 1.98. The molecule has 1 aromatic carbocycles. The number of rotatable bonds is 5. The lowest BCUT2D eigenvalue weighted by Crippen LogP contribution is -2.22. The van der Waals surface area contributed by atoms with Crippen LogP contribution < -0.4 is 9.84 Å². The maximum absolute atomic E-state index is 10.6. The topological polar surface area (TPSA) is 58.6 Å². The fraction of sp³-hybridized carbons (Fsp3) is 0.364. The molecule has 82 valence electrons. The zero-order chi connectivity index (χ0) is 11.3. The van der Waals surface area contributed by atoms with Gasteiger partial charge in [0.25, 0.3) is 0 Å². The average Bonchev–Trinajstić information content (AvgIpc) is 2.25. The van der Waals surface area contributed by atoms with Gasteiger partial charge in [0.05, 0.1) is 19.7 Å². The van der Waals surface area contributed by atoms with E-state index in [9.17, 15) is 9.90 Å². The molecule has 0 saturated heterocycles. The van der Waals surface area contributed by atoms with Crippen LogP contribution >= 0.6 is 0 Å². The van der Waals surface area contributed by atoms with Crippen molar-refractivity contribution in [3.8, 4) is 5.75 Å². The molecule has 0 heterocycles. The molecule has 0 fully saturated rings. The SMILES string of the molecule is CCOCc1cc(C(=O)[O-])ccc1OC. The highest BCUT2D eigenvalue weighted by atomic mass is 16.5. The summed E-state index contributed by atoms with van der Waals surface area (Å²) in [6.07, 6.45) is 0. The highest BCUT2D eigenvalue weighted by Crippen LogP contribution is 2.20. The van der Waals surface area contributed by atoms with Crippen LogP contribution in [0.1, 0.15) is 22.8 Å². The number of carbonyl (C=O) groups is 1. The van der Waals surface area contributed by atoms with E-state index < -0.39 is 5.97 Å². The first-order valence-corrected chi connectivity index (χ1v) is 4.65. The number of hydrogen-bond acceptors (Lipinski definition) is 4. The van der Waals surface area contributed by atoms with Crippen molar-refractivity contribution in [3.63, 3.8) is 0 Å². The van der Waals surface area contributed by atoms with Crippen LogP contribution in [0.3, 0.4) is 0 Å². The van der Waals surface area contributed by atoms with Gasteiger partial charge in [-0.1, -0.05) is 0 Å². The smallest absolute Gasteiger partial charge is 0.124 e. The maximum Gasteiger partial charge on any atom is 0.124 e. The Balaban J connectivity index is 2.96. The molecule has 0 N–H and O–H groups in total. The monoisotopic (exact) mass is 209 g/mol. The summed E-state index contributed by atoms with van der Waals surface area (Å²) in [5.74, 6) is -0.580. The summed E-state index contributed by atoms with van der Waals surface area (Å²) in [7, 11) is 1.53. The molecule has 0 aliphatic heterocycles. The largest absolute Gasteiger partial charge is 0.545 e. The third kappa shape index (κ3) is 2.95. The molecular formula is C11H13O4-. The number of ether oxygens (including phenoxy) is 2. The minimum Gasteiger partial charge on any atom is -0.545 e. The van der Waals surface area contributed by atoms with Crippen molar-refractivity contribution in [2.75, 3.05) is 13.7 Å². The van der Waals surface area contributed by atoms with Crippen LogP contribution in [0.15, 0.2) is 18.2 Å². The number of carbonyl (C=O) groups excluding carboxylic acids is 1. The molecule has 1 rings (SSSR count). The second-order valence-electron chi connectivity index (χ2n) is 2.95. The summed E-state index contributed by atoms with van der Waals surface area (Å²) in [5, 5.41) is 10.6. The second kappa shape index (κ2) is 5.36. The Morgan fingerprint density at radius 3 is 2.73 bits per heavy atom. The van der Waals surface area contributed by atoms with Crippen LogP contribution in [-0.4, -0.2) is 19.7 Å². The highest BCUT2D eigenvalue weighted by molar-refractivity contribution is 5.86. The van der Waals surface area contributed by atoms with E-state index in [1.807, 2.05) is 6.92 Å². The molecule has 0 aliphatic rings. The molecule has 0 spiro atoms. The molecule has 4 heteroatoms. The predicted octanol–water partition coefficient (Wildman–Crippen LogP) is 0.595. The van der Waals surface area contributed by atoms with Gasteiger partial charge < -0.3 is 19.4 Å². The molecule has 0 atom stereocenters. The molecule has 0 unspecified atom stereocenters. The summed E-state index contributed by atoms with van der Waals surface area (Å²) < 4.78 is 10.3. The number of carboxylic acids is 1. The van der Waals surface area contributed by atoms with Crippen LogP contribution in [-0.2, 0) is 11.3 Å². The molecule has 15 heavy (non-hydrogen) atoms. The van der Waals surface area contributed by atoms with Crippen LogP contribution in [0.25, 0.3) is 0 Å². The van der Waals surface area contributed by atoms with Gasteiger partial charge in [-0.2, -0.15) is 0 Å². The fourth-order valence-electron chi connectivity index (χ4n) is 1.23. The van der Waals surface area contributed by atoms with Crippen molar-refractivity contribution in [1.82, 2.24) is 0 Å². The van der Waals surface area contributed by atoms with Gasteiger partial charge in [0, 0.05) is 12.2 Å². The van der Waals surface area contributed by atoms with Crippen LogP contribution in [0.5, 0.6) is 5.75 Å². The van der Waals surface area contributed by atoms with Gasteiger partial charge in [0.15, 0.2) is 0 Å². The molecule has 0 aromatic heterocycles. The lowest BCUT2D eigenvalue weighted by molar-refractivity contribution is -0.255. The minimum atomic E-state index is -1.20. The second-order valence-corrected chi connectivity index (χ2v) is 2.95. The van der Waals surface area contributed by atoms with E-state index >= 15 is 0 Å². The van der Waals surface area contributed by atoms with E-state index in [1.54, 1.807) is 6.07 Å². The van der Waals surface area contributed by atoms with Crippen molar-refractivity contribution < 1.29 is 19.4 Å². The van der Waals surface area contributed by atoms with Gasteiger partial charge in [0.2, 0.25) is 0 Å². The van der Waals surface area contributed by atoms with Gasteiger partial charge in [-0.05, 0) is 30.7 Å². The molecule has 4 nitrogen and oxygen atoms in total. The molecule has 0 radical (unpaired) electrons. The Bertz CT molecular complexity index is 346. The normalized spacial score (nSPS) is 10.0. The summed E-state index contributed by atoms with van der Waals surface area (Å²) in [6.45, 7) is 2.77. The Morgan fingerprint density at radius 2 is 2.20 bits per heavy atom. The van der Waals surface area contributed by atoms with Crippen LogP contribution in [0.2, 0.25) is 0 Å². The minimum absolute atomic E-state index is 0.130. The van der Waals surface area contributed by atoms with Gasteiger partial charge >= 0.3 is 0 Å². The Kier molecular flexibility index (Phi) is 4.12. The van der Waals surface area contributed by atoms with Crippen molar-refractivity contribution in [1.29, 1.82) is 0 Å². The Labute approximate surface area is 88.4 Å². The lowest BCUT2D eigenvalue weighted by atomic mass is 10.1. The fourth-order valence-corrected chi connectivity index (χ4v) is 1.23. The van der Waals surface area contributed by atoms with E-state index in [2.05, 4.69) is 0 Å². The first kappa shape index (κ1) is 11.5. The van der Waals surface area contributed by atoms with E-state index in [0.717, 1.165) is 0 Å². The number of hydrogen-bond donors (Lipinski definition) is 0. The van der Waals surface area contributed by atoms with Crippen molar-refractivity contribution in [2.24, 2.45) is 0 Å². The zero-order valence-corrected chi connectivity index (χ0v) is 8.78. The number of carboxylic acid groups (broad SMARTS) is 1. The Morgan fingerprint density at radius 1 is 1.47 bits per heavy atom. The van der Waals surface area contributed by atoms with Crippen molar-refractivity contribution in [2.45, 2.75) is 13.5 Å². The zero-order valence-electron chi connectivity index (χ0n) is 8.78. The van der Waals surface area contributed by atoms with Crippen LogP contribution in [0, 0.1) is 0 Å². The third-order valence-electron chi connectivity index (χ3n) is 1.98. The van der Waals surface area contributed by atoms with Gasteiger partial charge in [0.1, 0.15) is 5.75 Å². The molecule has 0 saturated carbocycles. The number of benzene rings is 1. The highest BCUT2D eigenvalue weighted by Gasteiger charge is 2.04. The molecule has 0 aliphatic carbocycles. The quantitative estimate of drug-likeness (QED) is 0.712. The van der Waals surface area contributed by atoms with Crippen LogP contribution in [0.4, 0.5) is 0 Å². The van der Waals surface area contributed by atoms with Gasteiger partial charge in [-0.15, -0.1) is 0 Å². The summed E-state index contributed by atoms with van der Waals surface area (Å²) in [4.78, 5) is 10.6. The number of aromatic carboxylic acids is 1. The molecule has 1 aromatic rings. The van der Waals surface area contributed by atoms with Crippen molar-refractivity contribution >= 4 is 5.97 Å². The van der Waals surface area contributed by atoms with Crippen molar-refractivity contribution in [3.05, 3.63) is 29.3 Å². The predicted molar refractivity (Wildman–Crippen MR) is 52.7 cm³/mol. The average molecular weight is 209 g/mol. The van der Waals surface area contributed by atoms with E-state index in [4.69, 9.17) is 9.47 Å². The first-order chi connectivity index (χ1) is 7.19. The van der Waals surface area contributed by atoms with E-state index in [0.29, 0.717) is 24.5 Å².